The van der Waals surface area contributed by atoms with Crippen LogP contribution in [-0.2, 0) is 25.6 Å². The van der Waals surface area contributed by atoms with E-state index < -0.39 is 24.3 Å². The normalized spacial score (nSPS) is 33.5. The monoisotopic (exact) mass is 340 g/mol. The maximum absolute atomic E-state index is 9.87. The minimum absolute atomic E-state index is 0.220. The van der Waals surface area contributed by atoms with Crippen LogP contribution in [0.5, 0.6) is 0 Å². The minimum Gasteiger partial charge on any atom is -0.367 e. The molecule has 0 amide bonds. The lowest BCUT2D eigenvalue weighted by atomic mass is 10.1. The molecule has 1 fully saturated rings. The molecule has 0 aliphatic carbocycles. The van der Waals surface area contributed by atoms with Crippen molar-refractivity contribution in [2.75, 3.05) is 6.61 Å². The fourth-order valence-corrected chi connectivity index (χ4v) is 2.89. The zero-order valence-electron chi connectivity index (χ0n) is 13.1. The molecule has 1 N–H and O–H groups in total. The van der Waals surface area contributed by atoms with Crippen LogP contribution in [0, 0.1) is 0 Å². The van der Waals surface area contributed by atoms with Gasteiger partial charge in [0.15, 0.2) is 12.1 Å². The summed E-state index contributed by atoms with van der Waals surface area (Å²) >= 11 is 6.01. The minimum atomic E-state index is -1.16. The third-order valence-corrected chi connectivity index (χ3v) is 4.16. The van der Waals surface area contributed by atoms with Crippen molar-refractivity contribution in [3.8, 4) is 0 Å². The third-order valence-electron chi connectivity index (χ3n) is 3.85. The zero-order valence-corrected chi connectivity index (χ0v) is 13.9. The highest BCUT2D eigenvalue weighted by Gasteiger charge is 2.44. The Morgan fingerprint density at radius 1 is 1.30 bits per heavy atom. The molecule has 2 aliphatic rings. The molecule has 1 aromatic rings. The molecule has 6 heteroatoms. The van der Waals surface area contributed by atoms with Crippen LogP contribution in [0.15, 0.2) is 41.4 Å². The van der Waals surface area contributed by atoms with Crippen molar-refractivity contribution < 1.29 is 24.1 Å². The Morgan fingerprint density at radius 3 is 2.70 bits per heavy atom. The van der Waals surface area contributed by atoms with Gasteiger partial charge in [-0.15, -0.1) is 0 Å². The molecule has 4 atom stereocenters. The van der Waals surface area contributed by atoms with Crippen molar-refractivity contribution in [3.63, 3.8) is 0 Å². The molecular weight excluding hydrogens is 320 g/mol. The topological polar surface area (TPSA) is 57.2 Å². The van der Waals surface area contributed by atoms with Gasteiger partial charge in [0, 0.05) is 0 Å². The van der Waals surface area contributed by atoms with E-state index in [2.05, 4.69) is 0 Å². The Bertz CT molecular complexity index is 559. The Kier molecular flexibility index (Phi) is 5.06. The number of aliphatic hydroxyl groups is 1. The van der Waals surface area contributed by atoms with Crippen LogP contribution in [-0.4, -0.2) is 42.1 Å². The van der Waals surface area contributed by atoms with E-state index >= 15 is 0 Å². The van der Waals surface area contributed by atoms with Gasteiger partial charge in [-0.25, -0.2) is 0 Å². The molecule has 0 bridgehead atoms. The number of hydrogen-bond acceptors (Lipinski definition) is 5. The second kappa shape index (κ2) is 6.89. The predicted molar refractivity (Wildman–Crippen MR) is 84.7 cm³/mol. The van der Waals surface area contributed by atoms with Crippen molar-refractivity contribution in [3.05, 3.63) is 47.0 Å². The molecule has 2 heterocycles. The summed E-state index contributed by atoms with van der Waals surface area (Å²) in [7, 11) is 0. The summed E-state index contributed by atoms with van der Waals surface area (Å²) < 4.78 is 23.0. The van der Waals surface area contributed by atoms with E-state index in [-0.39, 0.29) is 11.1 Å². The van der Waals surface area contributed by atoms with Crippen LogP contribution in [0.1, 0.15) is 19.4 Å². The van der Waals surface area contributed by atoms with Gasteiger partial charge in [-0.05, 0) is 25.5 Å². The first-order chi connectivity index (χ1) is 10.9. The van der Waals surface area contributed by atoms with E-state index in [0.29, 0.717) is 13.2 Å². The Morgan fingerprint density at radius 2 is 2.04 bits per heavy atom. The fourth-order valence-electron chi connectivity index (χ4n) is 2.71. The predicted octanol–water partition coefficient (Wildman–Crippen LogP) is 2.56. The smallest absolute Gasteiger partial charge is 0.192 e. The van der Waals surface area contributed by atoms with Crippen LogP contribution >= 0.6 is 11.6 Å². The van der Waals surface area contributed by atoms with Crippen molar-refractivity contribution in [1.29, 1.82) is 0 Å². The van der Waals surface area contributed by atoms with Crippen LogP contribution in [0.25, 0.3) is 0 Å². The maximum atomic E-state index is 9.87. The molecule has 1 aromatic carbocycles. The molecule has 0 spiro atoms. The second-order valence-corrected chi connectivity index (χ2v) is 6.57. The van der Waals surface area contributed by atoms with Crippen LogP contribution in [0.2, 0.25) is 0 Å². The molecule has 126 valence electrons. The molecule has 0 aromatic heterocycles. The summed E-state index contributed by atoms with van der Waals surface area (Å²) in [5, 5.41) is 10.1. The highest BCUT2D eigenvalue weighted by atomic mass is 35.5. The van der Waals surface area contributed by atoms with Gasteiger partial charge in [0.1, 0.15) is 18.3 Å². The standard InChI is InChI=1S/C17H21ClO5/c1-17(2)21-10-14(23-17)15-13(8-12(18)16(19)22-15)20-9-11-6-4-3-5-7-11/h3-8,13-16,19H,9-10H2,1-2H3/t13-,14-,15+,16?/m1/s1. The van der Waals surface area contributed by atoms with Gasteiger partial charge in [-0.3, -0.25) is 0 Å². The summed E-state index contributed by atoms with van der Waals surface area (Å²) in [6.45, 7) is 4.48. The SMILES string of the molecule is CC1(C)OC[C@H]([C@H]2OC(O)C(Cl)=C[C@H]2OCc2ccccc2)O1. The van der Waals surface area contributed by atoms with Gasteiger partial charge in [-0.1, -0.05) is 41.9 Å². The van der Waals surface area contributed by atoms with Gasteiger partial charge in [-0.2, -0.15) is 0 Å². The molecule has 2 aliphatic heterocycles. The average Bonchev–Trinajstić information content (AvgIpc) is 2.89. The first-order valence-corrected chi connectivity index (χ1v) is 8.00. The number of ether oxygens (including phenoxy) is 4. The van der Waals surface area contributed by atoms with E-state index in [0.717, 1.165) is 5.56 Å². The lowest BCUT2D eigenvalue weighted by Crippen LogP contribution is -2.47. The van der Waals surface area contributed by atoms with Gasteiger partial charge >= 0.3 is 0 Å². The largest absolute Gasteiger partial charge is 0.367 e. The maximum Gasteiger partial charge on any atom is 0.192 e. The van der Waals surface area contributed by atoms with Crippen LogP contribution in [0.3, 0.4) is 0 Å². The summed E-state index contributed by atoms with van der Waals surface area (Å²) in [5.74, 6) is -0.673. The number of halogens is 1. The van der Waals surface area contributed by atoms with Crippen LogP contribution < -0.4 is 0 Å². The van der Waals surface area contributed by atoms with Crippen molar-refractivity contribution in [2.24, 2.45) is 0 Å². The number of aliphatic hydroxyl groups excluding tert-OH is 1. The van der Waals surface area contributed by atoms with Gasteiger partial charge in [0.05, 0.1) is 18.2 Å². The molecule has 23 heavy (non-hydrogen) atoms. The zero-order chi connectivity index (χ0) is 16.4. The quantitative estimate of drug-likeness (QED) is 0.913. The summed E-state index contributed by atoms with van der Waals surface area (Å²) in [4.78, 5) is 0. The van der Waals surface area contributed by atoms with E-state index in [1.54, 1.807) is 6.08 Å². The summed E-state index contributed by atoms with van der Waals surface area (Å²) in [5.41, 5.74) is 1.05. The molecule has 5 nitrogen and oxygen atoms in total. The highest BCUT2D eigenvalue weighted by Crippen LogP contribution is 2.32. The molecule has 1 unspecified atom stereocenters. The van der Waals surface area contributed by atoms with Crippen LogP contribution in [0.4, 0.5) is 0 Å². The van der Waals surface area contributed by atoms with E-state index in [1.165, 1.54) is 0 Å². The first-order valence-electron chi connectivity index (χ1n) is 7.63. The first kappa shape index (κ1) is 16.9. The fraction of sp³-hybridized carbons (Fsp3) is 0.529. The summed E-state index contributed by atoms with van der Waals surface area (Å²) in [6.07, 6.45) is -0.726. The highest BCUT2D eigenvalue weighted by molar-refractivity contribution is 6.30. The molecule has 0 saturated carbocycles. The molecule has 3 rings (SSSR count). The average molecular weight is 341 g/mol. The Balaban J connectivity index is 1.71. The van der Waals surface area contributed by atoms with Gasteiger partial charge < -0.3 is 24.1 Å². The Hall–Kier alpha value is -0.950. The lowest BCUT2D eigenvalue weighted by molar-refractivity contribution is -0.209. The number of benzene rings is 1. The summed E-state index contributed by atoms with van der Waals surface area (Å²) in [6, 6.07) is 9.83. The molecule has 0 radical (unpaired) electrons. The van der Waals surface area contributed by atoms with Gasteiger partial charge in [0.2, 0.25) is 0 Å². The Labute approximate surface area is 140 Å². The molecular formula is C17H21ClO5. The van der Waals surface area contributed by atoms with E-state index in [4.69, 9.17) is 30.5 Å². The lowest BCUT2D eigenvalue weighted by Gasteiger charge is -2.35. The number of rotatable bonds is 4. The van der Waals surface area contributed by atoms with Crippen molar-refractivity contribution in [2.45, 2.75) is 50.8 Å². The molecule has 1 saturated heterocycles. The second-order valence-electron chi connectivity index (χ2n) is 6.13. The van der Waals surface area contributed by atoms with E-state index in [9.17, 15) is 5.11 Å². The number of hydrogen-bond donors (Lipinski definition) is 1. The third kappa shape index (κ3) is 4.12. The van der Waals surface area contributed by atoms with Crippen molar-refractivity contribution >= 4 is 11.6 Å². The van der Waals surface area contributed by atoms with Crippen molar-refractivity contribution in [1.82, 2.24) is 0 Å². The van der Waals surface area contributed by atoms with Gasteiger partial charge in [0.25, 0.3) is 0 Å². The van der Waals surface area contributed by atoms with E-state index in [1.807, 2.05) is 44.2 Å².